The minimum Gasteiger partial charge on any atom is -0.317 e. The van der Waals surface area contributed by atoms with Crippen LogP contribution in [-0.4, -0.2) is 33.3 Å². The van der Waals surface area contributed by atoms with Gasteiger partial charge in [0.1, 0.15) is 0 Å². The van der Waals surface area contributed by atoms with Crippen LogP contribution in [-0.2, 0) is 10.0 Å². The topological polar surface area (TPSA) is 58.2 Å². The van der Waals surface area contributed by atoms with Crippen LogP contribution in [0.3, 0.4) is 0 Å². The lowest BCUT2D eigenvalue weighted by Crippen LogP contribution is -2.40. The number of piperidine rings is 1. The first-order chi connectivity index (χ1) is 7.41. The smallest absolute Gasteiger partial charge is 0.212 e. The van der Waals surface area contributed by atoms with E-state index in [0.29, 0.717) is 11.8 Å². The molecule has 0 aromatic rings. The van der Waals surface area contributed by atoms with E-state index in [0.717, 1.165) is 25.9 Å². The molecule has 0 aromatic carbocycles. The summed E-state index contributed by atoms with van der Waals surface area (Å²) in [5.74, 6) is 0.937. The van der Waals surface area contributed by atoms with E-state index in [1.807, 2.05) is 20.8 Å². The molecule has 96 valence electrons. The highest BCUT2D eigenvalue weighted by molar-refractivity contribution is 7.89. The summed E-state index contributed by atoms with van der Waals surface area (Å²) in [6.45, 7) is 7.86. The minimum absolute atomic E-state index is 0.0201. The molecule has 1 rings (SSSR count). The standard InChI is InChI=1S/C11H24N2O2S/c1-9(2)10(3)13-16(14,15)8-11-4-6-12-7-5-11/h9-13H,4-8H2,1-3H3. The third-order valence-electron chi connectivity index (χ3n) is 3.28. The van der Waals surface area contributed by atoms with Crippen molar-refractivity contribution in [3.63, 3.8) is 0 Å². The molecule has 1 atom stereocenters. The molecule has 4 nitrogen and oxygen atoms in total. The van der Waals surface area contributed by atoms with E-state index in [4.69, 9.17) is 0 Å². The van der Waals surface area contributed by atoms with Crippen molar-refractivity contribution in [3.8, 4) is 0 Å². The first-order valence-corrected chi connectivity index (χ1v) is 7.76. The second-order valence-electron chi connectivity index (χ2n) is 5.13. The van der Waals surface area contributed by atoms with Gasteiger partial charge < -0.3 is 5.32 Å². The van der Waals surface area contributed by atoms with Gasteiger partial charge in [-0.15, -0.1) is 0 Å². The number of rotatable bonds is 5. The number of sulfonamides is 1. The molecule has 1 unspecified atom stereocenters. The lowest BCUT2D eigenvalue weighted by Gasteiger charge is -2.24. The van der Waals surface area contributed by atoms with E-state index in [9.17, 15) is 8.42 Å². The van der Waals surface area contributed by atoms with Crippen LogP contribution in [0, 0.1) is 11.8 Å². The first kappa shape index (κ1) is 13.9. The Kier molecular flexibility index (Phi) is 5.21. The molecule has 16 heavy (non-hydrogen) atoms. The maximum Gasteiger partial charge on any atom is 0.212 e. The van der Waals surface area contributed by atoms with Crippen LogP contribution < -0.4 is 10.0 Å². The average molecular weight is 248 g/mol. The highest BCUT2D eigenvalue weighted by atomic mass is 32.2. The average Bonchev–Trinajstić information content (AvgIpc) is 2.17. The summed E-state index contributed by atoms with van der Waals surface area (Å²) in [6, 6.07) is 0.0201. The van der Waals surface area contributed by atoms with Crippen molar-refractivity contribution in [1.29, 1.82) is 0 Å². The molecule has 5 heteroatoms. The predicted octanol–water partition coefficient (Wildman–Crippen LogP) is 0.950. The summed E-state index contributed by atoms with van der Waals surface area (Å²) < 4.78 is 26.5. The van der Waals surface area contributed by atoms with Gasteiger partial charge in [0.05, 0.1) is 5.75 Å². The second kappa shape index (κ2) is 5.98. The molecule has 1 aliphatic rings. The zero-order chi connectivity index (χ0) is 12.2. The SMILES string of the molecule is CC(C)C(C)NS(=O)(=O)CC1CCNCC1. The fraction of sp³-hybridized carbons (Fsp3) is 1.00. The Morgan fingerprint density at radius 2 is 1.81 bits per heavy atom. The summed E-state index contributed by atoms with van der Waals surface area (Å²) >= 11 is 0. The zero-order valence-electron chi connectivity index (χ0n) is 10.5. The van der Waals surface area contributed by atoms with Crippen molar-refractivity contribution in [2.45, 2.75) is 39.7 Å². The fourth-order valence-corrected chi connectivity index (χ4v) is 3.71. The predicted molar refractivity (Wildman–Crippen MR) is 66.8 cm³/mol. The third kappa shape index (κ3) is 4.80. The van der Waals surface area contributed by atoms with Gasteiger partial charge in [0.15, 0.2) is 0 Å². The van der Waals surface area contributed by atoms with Gasteiger partial charge in [-0.3, -0.25) is 0 Å². The second-order valence-corrected chi connectivity index (χ2v) is 6.92. The molecule has 0 aromatic heterocycles. The largest absolute Gasteiger partial charge is 0.317 e. The summed E-state index contributed by atoms with van der Waals surface area (Å²) in [7, 11) is -3.10. The lowest BCUT2D eigenvalue weighted by atomic mass is 10.0. The zero-order valence-corrected chi connectivity index (χ0v) is 11.3. The molecule has 0 radical (unpaired) electrons. The van der Waals surface area contributed by atoms with Crippen LogP contribution in [0.4, 0.5) is 0 Å². The molecule has 0 aliphatic carbocycles. The van der Waals surface area contributed by atoms with Crippen LogP contribution in [0.5, 0.6) is 0 Å². The van der Waals surface area contributed by atoms with Crippen molar-refractivity contribution in [3.05, 3.63) is 0 Å². The van der Waals surface area contributed by atoms with Gasteiger partial charge in [-0.05, 0) is 44.7 Å². The Morgan fingerprint density at radius 3 is 2.31 bits per heavy atom. The van der Waals surface area contributed by atoms with Gasteiger partial charge in [0.25, 0.3) is 0 Å². The number of hydrogen-bond donors (Lipinski definition) is 2. The first-order valence-electron chi connectivity index (χ1n) is 6.11. The Labute approximate surface area is 99.2 Å². The van der Waals surface area contributed by atoms with E-state index < -0.39 is 10.0 Å². The molecule has 0 saturated carbocycles. The number of nitrogens with one attached hydrogen (secondary N) is 2. The fourth-order valence-electron chi connectivity index (χ4n) is 1.83. The van der Waals surface area contributed by atoms with Crippen molar-refractivity contribution in [1.82, 2.24) is 10.0 Å². The highest BCUT2D eigenvalue weighted by Crippen LogP contribution is 2.14. The van der Waals surface area contributed by atoms with Gasteiger partial charge in [-0.1, -0.05) is 13.8 Å². The van der Waals surface area contributed by atoms with Crippen molar-refractivity contribution >= 4 is 10.0 Å². The van der Waals surface area contributed by atoms with Crippen molar-refractivity contribution in [2.24, 2.45) is 11.8 Å². The minimum atomic E-state index is -3.10. The van der Waals surface area contributed by atoms with Crippen LogP contribution in [0.1, 0.15) is 33.6 Å². The number of hydrogen-bond acceptors (Lipinski definition) is 3. The molecule has 0 spiro atoms. The summed E-state index contributed by atoms with van der Waals surface area (Å²) in [4.78, 5) is 0. The molecular formula is C11H24N2O2S. The molecule has 1 aliphatic heterocycles. The van der Waals surface area contributed by atoms with E-state index >= 15 is 0 Å². The van der Waals surface area contributed by atoms with Gasteiger partial charge >= 0.3 is 0 Å². The monoisotopic (exact) mass is 248 g/mol. The molecule has 1 fully saturated rings. The van der Waals surface area contributed by atoms with Gasteiger partial charge in [0, 0.05) is 6.04 Å². The van der Waals surface area contributed by atoms with E-state index in [-0.39, 0.29) is 11.8 Å². The van der Waals surface area contributed by atoms with Crippen LogP contribution >= 0.6 is 0 Å². The van der Waals surface area contributed by atoms with Crippen LogP contribution in [0.2, 0.25) is 0 Å². The summed E-state index contributed by atoms with van der Waals surface area (Å²) in [5.41, 5.74) is 0. The van der Waals surface area contributed by atoms with Gasteiger partial charge in [-0.25, -0.2) is 13.1 Å². The quantitative estimate of drug-likeness (QED) is 0.761. The molecule has 2 N–H and O–H groups in total. The van der Waals surface area contributed by atoms with Gasteiger partial charge in [0.2, 0.25) is 10.0 Å². The normalized spacial score (nSPS) is 21.2. The molecule has 1 saturated heterocycles. The van der Waals surface area contributed by atoms with Crippen molar-refractivity contribution in [2.75, 3.05) is 18.8 Å². The molecule has 1 heterocycles. The van der Waals surface area contributed by atoms with Gasteiger partial charge in [-0.2, -0.15) is 0 Å². The molecule has 0 bridgehead atoms. The molecule has 0 amide bonds. The molecular weight excluding hydrogens is 224 g/mol. The van der Waals surface area contributed by atoms with Crippen LogP contribution in [0.15, 0.2) is 0 Å². The Morgan fingerprint density at radius 1 is 1.25 bits per heavy atom. The lowest BCUT2D eigenvalue weighted by molar-refractivity contribution is 0.397. The van der Waals surface area contributed by atoms with E-state index in [1.165, 1.54) is 0 Å². The third-order valence-corrected chi connectivity index (χ3v) is 4.92. The van der Waals surface area contributed by atoms with E-state index in [1.54, 1.807) is 0 Å². The summed E-state index contributed by atoms with van der Waals surface area (Å²) in [5, 5.41) is 3.24. The van der Waals surface area contributed by atoms with Crippen molar-refractivity contribution < 1.29 is 8.42 Å². The Balaban J connectivity index is 2.44. The maximum atomic E-state index is 11.9. The Hall–Kier alpha value is -0.130. The van der Waals surface area contributed by atoms with Crippen LogP contribution in [0.25, 0.3) is 0 Å². The Bertz CT molecular complexity index is 295. The summed E-state index contributed by atoms with van der Waals surface area (Å²) in [6.07, 6.45) is 1.94. The maximum absolute atomic E-state index is 11.9. The highest BCUT2D eigenvalue weighted by Gasteiger charge is 2.23. The van der Waals surface area contributed by atoms with E-state index in [2.05, 4.69) is 10.0 Å².